The normalized spacial score (nSPS) is 10.2. The van der Waals surface area contributed by atoms with Crippen molar-refractivity contribution in [3.8, 4) is 11.6 Å². The van der Waals surface area contributed by atoms with E-state index in [-0.39, 0.29) is 5.91 Å². The molecule has 1 aromatic carbocycles. The molecule has 8 heteroatoms. The molecule has 2 heterocycles. The quantitative estimate of drug-likeness (QED) is 0.780. The van der Waals surface area contributed by atoms with E-state index in [1.54, 1.807) is 37.4 Å². The second-order valence-electron chi connectivity index (χ2n) is 4.28. The standard InChI is InChI=1S/C14H12N6O2/c1-22-11-4-2-10(3-5-11)14(21)19-12-6-13(17-8-16-12)20-9-15-7-18-20/h2-9H,1H3,(H,16,17,19,21). The van der Waals surface area contributed by atoms with Crippen molar-refractivity contribution in [2.75, 3.05) is 12.4 Å². The Kier molecular flexibility index (Phi) is 3.73. The Bertz CT molecular complexity index is 770. The Labute approximate surface area is 125 Å². The van der Waals surface area contributed by atoms with Gasteiger partial charge in [0, 0.05) is 11.6 Å². The van der Waals surface area contributed by atoms with Gasteiger partial charge in [0.2, 0.25) is 0 Å². The van der Waals surface area contributed by atoms with E-state index < -0.39 is 0 Å². The van der Waals surface area contributed by atoms with Crippen LogP contribution in [0.2, 0.25) is 0 Å². The molecule has 1 N–H and O–H groups in total. The van der Waals surface area contributed by atoms with Crippen LogP contribution in [0.4, 0.5) is 5.82 Å². The van der Waals surface area contributed by atoms with Crippen LogP contribution in [-0.4, -0.2) is 37.7 Å². The van der Waals surface area contributed by atoms with Gasteiger partial charge in [0.05, 0.1) is 7.11 Å². The number of benzene rings is 1. The van der Waals surface area contributed by atoms with Crippen molar-refractivity contribution in [2.24, 2.45) is 0 Å². The fraction of sp³-hybridized carbons (Fsp3) is 0.0714. The smallest absolute Gasteiger partial charge is 0.256 e. The van der Waals surface area contributed by atoms with Crippen LogP contribution < -0.4 is 10.1 Å². The highest BCUT2D eigenvalue weighted by molar-refractivity contribution is 6.03. The average molecular weight is 296 g/mol. The molecule has 2 aromatic heterocycles. The molecular formula is C14H12N6O2. The number of ether oxygens (including phenoxy) is 1. The zero-order chi connectivity index (χ0) is 15.4. The maximum Gasteiger partial charge on any atom is 0.256 e. The van der Waals surface area contributed by atoms with E-state index in [4.69, 9.17) is 4.74 Å². The van der Waals surface area contributed by atoms with Crippen LogP contribution >= 0.6 is 0 Å². The molecule has 110 valence electrons. The molecule has 1 amide bonds. The molecule has 0 radical (unpaired) electrons. The van der Waals surface area contributed by atoms with Crippen molar-refractivity contribution in [3.05, 3.63) is 54.9 Å². The maximum absolute atomic E-state index is 12.2. The zero-order valence-corrected chi connectivity index (χ0v) is 11.7. The lowest BCUT2D eigenvalue weighted by Gasteiger charge is -2.06. The highest BCUT2D eigenvalue weighted by Crippen LogP contribution is 2.13. The molecule has 0 aliphatic carbocycles. The largest absolute Gasteiger partial charge is 0.497 e. The van der Waals surface area contributed by atoms with Crippen molar-refractivity contribution in [3.63, 3.8) is 0 Å². The van der Waals surface area contributed by atoms with Crippen LogP contribution in [0.1, 0.15) is 10.4 Å². The van der Waals surface area contributed by atoms with Crippen molar-refractivity contribution in [1.82, 2.24) is 24.7 Å². The third kappa shape index (κ3) is 2.90. The van der Waals surface area contributed by atoms with Crippen LogP contribution in [0.15, 0.2) is 49.3 Å². The highest BCUT2D eigenvalue weighted by Gasteiger charge is 2.08. The van der Waals surface area contributed by atoms with Crippen molar-refractivity contribution >= 4 is 11.7 Å². The fourth-order valence-corrected chi connectivity index (χ4v) is 1.80. The monoisotopic (exact) mass is 296 g/mol. The van der Waals surface area contributed by atoms with Gasteiger partial charge in [0.25, 0.3) is 5.91 Å². The van der Waals surface area contributed by atoms with Crippen molar-refractivity contribution in [2.45, 2.75) is 0 Å². The number of anilines is 1. The lowest BCUT2D eigenvalue weighted by atomic mass is 10.2. The first-order chi connectivity index (χ1) is 10.8. The third-order valence-electron chi connectivity index (χ3n) is 2.90. The second-order valence-corrected chi connectivity index (χ2v) is 4.28. The minimum atomic E-state index is -0.272. The molecular weight excluding hydrogens is 284 g/mol. The fourth-order valence-electron chi connectivity index (χ4n) is 1.80. The van der Waals surface area contributed by atoms with E-state index in [1.165, 1.54) is 23.7 Å². The zero-order valence-electron chi connectivity index (χ0n) is 11.7. The third-order valence-corrected chi connectivity index (χ3v) is 2.90. The number of aromatic nitrogens is 5. The molecule has 22 heavy (non-hydrogen) atoms. The molecule has 0 atom stereocenters. The molecule has 3 aromatic rings. The van der Waals surface area contributed by atoms with E-state index in [9.17, 15) is 4.79 Å². The summed E-state index contributed by atoms with van der Waals surface area (Å²) in [6.07, 6.45) is 4.26. The molecule has 0 spiro atoms. The Balaban J connectivity index is 1.77. The van der Waals surface area contributed by atoms with Gasteiger partial charge in [-0.3, -0.25) is 4.79 Å². The summed E-state index contributed by atoms with van der Waals surface area (Å²) in [5.74, 6) is 1.30. The first-order valence-electron chi connectivity index (χ1n) is 6.39. The molecule has 0 fully saturated rings. The number of hydrogen-bond acceptors (Lipinski definition) is 6. The number of nitrogens with one attached hydrogen (secondary N) is 1. The van der Waals surface area contributed by atoms with E-state index in [1.807, 2.05) is 0 Å². The summed E-state index contributed by atoms with van der Waals surface area (Å²) in [4.78, 5) is 24.1. The van der Waals surface area contributed by atoms with E-state index >= 15 is 0 Å². The summed E-state index contributed by atoms with van der Waals surface area (Å²) in [5, 5.41) is 6.68. The summed E-state index contributed by atoms with van der Waals surface area (Å²) in [7, 11) is 1.57. The van der Waals surface area contributed by atoms with Crippen LogP contribution in [0, 0.1) is 0 Å². The van der Waals surface area contributed by atoms with E-state index in [0.29, 0.717) is 22.9 Å². The van der Waals surface area contributed by atoms with Crippen LogP contribution in [-0.2, 0) is 0 Å². The van der Waals surface area contributed by atoms with Gasteiger partial charge in [-0.2, -0.15) is 5.10 Å². The van der Waals surface area contributed by atoms with Gasteiger partial charge in [-0.25, -0.2) is 19.6 Å². The summed E-state index contributed by atoms with van der Waals surface area (Å²) in [6.45, 7) is 0. The van der Waals surface area contributed by atoms with Gasteiger partial charge >= 0.3 is 0 Å². The Hall–Kier alpha value is -3.29. The minimum Gasteiger partial charge on any atom is -0.497 e. The highest BCUT2D eigenvalue weighted by atomic mass is 16.5. The number of nitrogens with zero attached hydrogens (tertiary/aromatic N) is 5. The molecule has 3 rings (SSSR count). The lowest BCUT2D eigenvalue weighted by Crippen LogP contribution is -2.13. The van der Waals surface area contributed by atoms with Gasteiger partial charge in [-0.15, -0.1) is 0 Å². The first kappa shape index (κ1) is 13.7. The van der Waals surface area contributed by atoms with Crippen molar-refractivity contribution in [1.29, 1.82) is 0 Å². The Morgan fingerprint density at radius 1 is 1.18 bits per heavy atom. The Morgan fingerprint density at radius 3 is 2.68 bits per heavy atom. The molecule has 0 aliphatic rings. The average Bonchev–Trinajstić information content (AvgIpc) is 3.10. The second kappa shape index (κ2) is 6.00. The SMILES string of the molecule is COc1ccc(C(=O)Nc2cc(-n3cncn3)ncn2)cc1. The number of carbonyl (C=O) groups is 1. The number of methoxy groups -OCH3 is 1. The predicted octanol–water partition coefficient (Wildman–Crippen LogP) is 1.32. The molecule has 0 saturated heterocycles. The number of carbonyl (C=O) groups excluding carboxylic acids is 1. The molecule has 0 aliphatic heterocycles. The number of amides is 1. The van der Waals surface area contributed by atoms with Crippen LogP contribution in [0.3, 0.4) is 0 Å². The first-order valence-corrected chi connectivity index (χ1v) is 6.39. The van der Waals surface area contributed by atoms with Gasteiger partial charge in [0.1, 0.15) is 30.5 Å². The maximum atomic E-state index is 12.2. The Morgan fingerprint density at radius 2 is 2.00 bits per heavy atom. The number of rotatable bonds is 4. The van der Waals surface area contributed by atoms with Crippen LogP contribution in [0.25, 0.3) is 5.82 Å². The van der Waals surface area contributed by atoms with Gasteiger partial charge < -0.3 is 10.1 Å². The minimum absolute atomic E-state index is 0.272. The van der Waals surface area contributed by atoms with Gasteiger partial charge in [0.15, 0.2) is 5.82 Å². The van der Waals surface area contributed by atoms with E-state index in [2.05, 4.69) is 25.4 Å². The summed E-state index contributed by atoms with van der Waals surface area (Å²) in [5.41, 5.74) is 0.502. The molecule has 0 saturated carbocycles. The molecule has 0 unspecified atom stereocenters. The summed E-state index contributed by atoms with van der Waals surface area (Å²) in [6, 6.07) is 8.39. The predicted molar refractivity (Wildman–Crippen MR) is 77.9 cm³/mol. The summed E-state index contributed by atoms with van der Waals surface area (Å²) >= 11 is 0. The lowest BCUT2D eigenvalue weighted by molar-refractivity contribution is 0.102. The molecule has 0 bridgehead atoms. The topological polar surface area (TPSA) is 94.8 Å². The van der Waals surface area contributed by atoms with E-state index in [0.717, 1.165) is 0 Å². The van der Waals surface area contributed by atoms with Gasteiger partial charge in [-0.1, -0.05) is 0 Å². The van der Waals surface area contributed by atoms with Crippen LogP contribution in [0.5, 0.6) is 5.75 Å². The van der Waals surface area contributed by atoms with Crippen molar-refractivity contribution < 1.29 is 9.53 Å². The molecule has 8 nitrogen and oxygen atoms in total. The number of hydrogen-bond donors (Lipinski definition) is 1. The summed E-state index contributed by atoms with van der Waals surface area (Å²) < 4.78 is 6.53. The van der Waals surface area contributed by atoms with Gasteiger partial charge in [-0.05, 0) is 24.3 Å².